The van der Waals surface area contributed by atoms with Gasteiger partial charge in [0.15, 0.2) is 0 Å². The third kappa shape index (κ3) is 5.13. The molecular weight excluding hydrogens is 322 g/mol. The number of carbonyl (C=O) groups excluding carboxylic acids is 2. The molecule has 0 fully saturated rings. The largest absolute Gasteiger partial charge is 0.349 e. The molecule has 7 nitrogen and oxygen atoms in total. The zero-order chi connectivity index (χ0) is 18.4. The van der Waals surface area contributed by atoms with Crippen LogP contribution >= 0.6 is 0 Å². The van der Waals surface area contributed by atoms with E-state index in [1.165, 1.54) is 12.1 Å². The minimum Gasteiger partial charge on any atom is -0.349 e. The van der Waals surface area contributed by atoms with Crippen molar-refractivity contribution in [3.63, 3.8) is 0 Å². The van der Waals surface area contributed by atoms with Crippen LogP contribution in [0.4, 0.5) is 11.4 Å². The Morgan fingerprint density at radius 3 is 2.48 bits per heavy atom. The lowest BCUT2D eigenvalue weighted by atomic mass is 10.1. The van der Waals surface area contributed by atoms with Gasteiger partial charge in [0.05, 0.1) is 10.6 Å². The summed E-state index contributed by atoms with van der Waals surface area (Å²) in [7, 11) is 0. The number of non-ortho nitro benzene ring substituents is 1. The quantitative estimate of drug-likeness (QED) is 0.623. The molecule has 0 aromatic heterocycles. The van der Waals surface area contributed by atoms with Crippen molar-refractivity contribution in [2.24, 2.45) is 0 Å². The molecule has 2 rings (SSSR count). The maximum absolute atomic E-state index is 12.1. The molecule has 1 atom stereocenters. The predicted octanol–water partition coefficient (Wildman–Crippen LogP) is 3.05. The number of rotatable bonds is 6. The van der Waals surface area contributed by atoms with Crippen LogP contribution in [-0.4, -0.2) is 22.8 Å². The van der Waals surface area contributed by atoms with Crippen molar-refractivity contribution in [1.82, 2.24) is 5.32 Å². The summed E-state index contributed by atoms with van der Waals surface area (Å²) in [5, 5.41) is 16.2. The number of nitro groups is 1. The number of nitro benzene ring substituents is 1. The summed E-state index contributed by atoms with van der Waals surface area (Å²) in [6.07, 6.45) is 0.0563. The first-order valence-corrected chi connectivity index (χ1v) is 7.77. The van der Waals surface area contributed by atoms with Crippen LogP contribution in [0.5, 0.6) is 0 Å². The van der Waals surface area contributed by atoms with Gasteiger partial charge in [0.2, 0.25) is 5.91 Å². The third-order valence-corrected chi connectivity index (χ3v) is 3.61. The zero-order valence-electron chi connectivity index (χ0n) is 14.0. The fraction of sp³-hybridized carbons (Fsp3) is 0.222. The topological polar surface area (TPSA) is 101 Å². The van der Waals surface area contributed by atoms with Crippen LogP contribution in [0.1, 0.15) is 29.3 Å². The Kier molecular flexibility index (Phi) is 5.84. The molecule has 0 aliphatic heterocycles. The summed E-state index contributed by atoms with van der Waals surface area (Å²) in [6, 6.07) is 12.6. The Balaban J connectivity index is 1.95. The van der Waals surface area contributed by atoms with Gasteiger partial charge in [-0.05, 0) is 31.5 Å². The Bertz CT molecular complexity index is 790. The first-order valence-electron chi connectivity index (χ1n) is 7.77. The van der Waals surface area contributed by atoms with Gasteiger partial charge < -0.3 is 10.6 Å². The van der Waals surface area contributed by atoms with Crippen molar-refractivity contribution in [2.45, 2.75) is 26.3 Å². The lowest BCUT2D eigenvalue weighted by Gasteiger charge is -2.14. The van der Waals surface area contributed by atoms with E-state index in [1.807, 2.05) is 6.07 Å². The molecule has 0 saturated carbocycles. The van der Waals surface area contributed by atoms with E-state index in [0.29, 0.717) is 11.3 Å². The monoisotopic (exact) mass is 341 g/mol. The Hall–Kier alpha value is -3.22. The van der Waals surface area contributed by atoms with Gasteiger partial charge in [-0.3, -0.25) is 19.7 Å². The van der Waals surface area contributed by atoms with Crippen molar-refractivity contribution < 1.29 is 14.5 Å². The van der Waals surface area contributed by atoms with Crippen LogP contribution in [0.15, 0.2) is 48.5 Å². The van der Waals surface area contributed by atoms with Crippen LogP contribution in [0.25, 0.3) is 0 Å². The van der Waals surface area contributed by atoms with Gasteiger partial charge in [0, 0.05) is 30.2 Å². The van der Waals surface area contributed by atoms with Crippen LogP contribution in [0.3, 0.4) is 0 Å². The van der Waals surface area contributed by atoms with Gasteiger partial charge in [0.1, 0.15) is 0 Å². The number of hydrogen-bond acceptors (Lipinski definition) is 4. The first kappa shape index (κ1) is 18.1. The number of anilines is 1. The summed E-state index contributed by atoms with van der Waals surface area (Å²) >= 11 is 0. The van der Waals surface area contributed by atoms with E-state index in [1.54, 1.807) is 44.2 Å². The molecule has 2 N–H and O–H groups in total. The molecular formula is C18H19N3O4. The number of nitrogens with zero attached hydrogens (tertiary/aromatic N) is 1. The van der Waals surface area contributed by atoms with Crippen molar-refractivity contribution in [3.8, 4) is 0 Å². The second kappa shape index (κ2) is 8.05. The standard InChI is InChI=1S/C18H19N3O4/c1-12-8-9-15(21(24)25)11-16(12)20-17(22)10-13(2)19-18(23)14-6-4-3-5-7-14/h3-9,11,13H,10H2,1-2H3,(H,19,23)(H,20,22). The van der Waals surface area contributed by atoms with Crippen LogP contribution < -0.4 is 10.6 Å². The molecule has 0 heterocycles. The number of nitrogens with one attached hydrogen (secondary N) is 2. The van der Waals surface area contributed by atoms with Crippen LogP contribution in [0.2, 0.25) is 0 Å². The molecule has 130 valence electrons. The first-order chi connectivity index (χ1) is 11.9. The molecule has 0 aliphatic carbocycles. The van der Waals surface area contributed by atoms with Gasteiger partial charge in [-0.1, -0.05) is 24.3 Å². The highest BCUT2D eigenvalue weighted by molar-refractivity contribution is 5.95. The summed E-state index contributed by atoms with van der Waals surface area (Å²) < 4.78 is 0. The fourth-order valence-electron chi connectivity index (χ4n) is 2.29. The van der Waals surface area contributed by atoms with Crippen LogP contribution in [0, 0.1) is 17.0 Å². The van der Waals surface area contributed by atoms with Gasteiger partial charge in [-0.15, -0.1) is 0 Å². The average Bonchev–Trinajstić information content (AvgIpc) is 2.57. The lowest BCUT2D eigenvalue weighted by molar-refractivity contribution is -0.384. The van der Waals surface area contributed by atoms with Crippen molar-refractivity contribution in [2.75, 3.05) is 5.32 Å². The fourth-order valence-corrected chi connectivity index (χ4v) is 2.29. The van der Waals surface area contributed by atoms with E-state index >= 15 is 0 Å². The number of carbonyl (C=O) groups is 2. The van der Waals surface area contributed by atoms with E-state index in [2.05, 4.69) is 10.6 Å². The highest BCUT2D eigenvalue weighted by Gasteiger charge is 2.15. The zero-order valence-corrected chi connectivity index (χ0v) is 14.0. The SMILES string of the molecule is Cc1ccc([N+](=O)[O-])cc1NC(=O)CC(C)NC(=O)c1ccccc1. The second-order valence-corrected chi connectivity index (χ2v) is 5.75. The molecule has 2 amide bonds. The van der Waals surface area contributed by atoms with Crippen LogP contribution in [-0.2, 0) is 4.79 Å². The lowest BCUT2D eigenvalue weighted by Crippen LogP contribution is -2.35. The Labute approximate surface area is 145 Å². The van der Waals surface area contributed by atoms with Gasteiger partial charge in [-0.2, -0.15) is 0 Å². The summed E-state index contributed by atoms with van der Waals surface area (Å²) in [4.78, 5) is 34.5. The van der Waals surface area contributed by atoms with Gasteiger partial charge in [0.25, 0.3) is 11.6 Å². The highest BCUT2D eigenvalue weighted by atomic mass is 16.6. The van der Waals surface area contributed by atoms with E-state index in [4.69, 9.17) is 0 Å². The van der Waals surface area contributed by atoms with E-state index in [0.717, 1.165) is 5.56 Å². The summed E-state index contributed by atoms with van der Waals surface area (Å²) in [5.74, 6) is -0.586. The minimum absolute atomic E-state index is 0.0563. The van der Waals surface area contributed by atoms with Crippen molar-refractivity contribution >= 4 is 23.2 Å². The molecule has 0 saturated heterocycles. The molecule has 0 radical (unpaired) electrons. The molecule has 2 aromatic rings. The number of aryl methyl sites for hydroxylation is 1. The summed E-state index contributed by atoms with van der Waals surface area (Å²) in [5.41, 5.74) is 1.54. The highest BCUT2D eigenvalue weighted by Crippen LogP contribution is 2.22. The molecule has 7 heteroatoms. The Morgan fingerprint density at radius 1 is 1.16 bits per heavy atom. The van der Waals surface area contributed by atoms with E-state index < -0.39 is 4.92 Å². The average molecular weight is 341 g/mol. The summed E-state index contributed by atoms with van der Waals surface area (Å²) in [6.45, 7) is 3.47. The smallest absolute Gasteiger partial charge is 0.271 e. The maximum atomic E-state index is 12.1. The van der Waals surface area contributed by atoms with E-state index in [9.17, 15) is 19.7 Å². The maximum Gasteiger partial charge on any atom is 0.271 e. The molecule has 0 bridgehead atoms. The second-order valence-electron chi connectivity index (χ2n) is 5.75. The van der Waals surface area contributed by atoms with Gasteiger partial charge >= 0.3 is 0 Å². The van der Waals surface area contributed by atoms with Gasteiger partial charge in [-0.25, -0.2) is 0 Å². The van der Waals surface area contributed by atoms with E-state index in [-0.39, 0.29) is 30.0 Å². The molecule has 0 aliphatic rings. The molecule has 25 heavy (non-hydrogen) atoms. The number of amides is 2. The molecule has 2 aromatic carbocycles. The minimum atomic E-state index is -0.516. The van der Waals surface area contributed by atoms with Crippen molar-refractivity contribution in [3.05, 3.63) is 69.8 Å². The number of benzene rings is 2. The predicted molar refractivity (Wildman–Crippen MR) is 94.5 cm³/mol. The number of hydrogen-bond donors (Lipinski definition) is 2. The molecule has 1 unspecified atom stereocenters. The van der Waals surface area contributed by atoms with Crippen molar-refractivity contribution in [1.29, 1.82) is 0 Å². The third-order valence-electron chi connectivity index (χ3n) is 3.61. The Morgan fingerprint density at radius 2 is 1.84 bits per heavy atom. The molecule has 0 spiro atoms. The normalized spacial score (nSPS) is 11.4.